The number of fused-ring (bicyclic) bond motifs is 2. The van der Waals surface area contributed by atoms with E-state index in [1.807, 2.05) is 47.0 Å². The Labute approximate surface area is 139 Å². The molecule has 120 valence electrons. The van der Waals surface area contributed by atoms with Crippen LogP contribution in [-0.2, 0) is 6.42 Å². The van der Waals surface area contributed by atoms with Gasteiger partial charge in [0, 0.05) is 22.7 Å². The highest BCUT2D eigenvalue weighted by atomic mass is 16.5. The van der Waals surface area contributed by atoms with Crippen LogP contribution < -0.4 is 4.74 Å². The number of aromatic nitrogens is 1. The molecule has 4 rings (SSSR count). The fourth-order valence-electron chi connectivity index (χ4n) is 3.09. The van der Waals surface area contributed by atoms with Gasteiger partial charge in [0.25, 0.3) is 0 Å². The molecule has 0 fully saturated rings. The van der Waals surface area contributed by atoms with Crippen molar-refractivity contribution in [1.82, 2.24) is 4.40 Å². The van der Waals surface area contributed by atoms with E-state index >= 15 is 0 Å². The van der Waals surface area contributed by atoms with Gasteiger partial charge in [-0.25, -0.2) is 0 Å². The molecule has 0 bridgehead atoms. The van der Waals surface area contributed by atoms with Gasteiger partial charge in [-0.1, -0.05) is 25.1 Å². The monoisotopic (exact) mass is 319 g/mol. The lowest BCUT2D eigenvalue weighted by Gasteiger charge is -2.01. The Morgan fingerprint density at radius 2 is 2.08 bits per heavy atom. The Hall–Kier alpha value is -3.01. The highest BCUT2D eigenvalue weighted by Gasteiger charge is 2.17. The molecule has 4 aromatic rings. The maximum atomic E-state index is 11.7. The first-order chi connectivity index (χ1) is 11.7. The van der Waals surface area contributed by atoms with E-state index in [4.69, 9.17) is 9.15 Å². The summed E-state index contributed by atoms with van der Waals surface area (Å²) in [6.07, 6.45) is 3.81. The third-order valence-electron chi connectivity index (χ3n) is 4.38. The summed E-state index contributed by atoms with van der Waals surface area (Å²) >= 11 is 0. The lowest BCUT2D eigenvalue weighted by atomic mass is 10.1. The van der Waals surface area contributed by atoms with Gasteiger partial charge in [-0.2, -0.15) is 0 Å². The first-order valence-corrected chi connectivity index (χ1v) is 7.91. The quantitative estimate of drug-likeness (QED) is 0.510. The molecule has 0 aliphatic rings. The van der Waals surface area contributed by atoms with Crippen LogP contribution in [-0.4, -0.2) is 17.8 Å². The van der Waals surface area contributed by atoms with Crippen LogP contribution in [0.5, 0.6) is 5.75 Å². The first-order valence-electron chi connectivity index (χ1n) is 7.91. The predicted octanol–water partition coefficient (Wildman–Crippen LogP) is 4.74. The van der Waals surface area contributed by atoms with Gasteiger partial charge in [0.2, 0.25) is 0 Å². The predicted molar refractivity (Wildman–Crippen MR) is 93.9 cm³/mol. The summed E-state index contributed by atoms with van der Waals surface area (Å²) in [4.78, 5) is 11.7. The van der Waals surface area contributed by atoms with E-state index in [2.05, 4.69) is 13.0 Å². The second kappa shape index (κ2) is 5.57. The van der Waals surface area contributed by atoms with Gasteiger partial charge in [-0.3, -0.25) is 4.79 Å². The Morgan fingerprint density at radius 3 is 2.83 bits per heavy atom. The van der Waals surface area contributed by atoms with Gasteiger partial charge < -0.3 is 13.6 Å². The third-order valence-corrected chi connectivity index (χ3v) is 4.38. The molecule has 4 nitrogen and oxygen atoms in total. The number of aryl methyl sites for hydroxylation is 1. The minimum Gasteiger partial charge on any atom is -0.493 e. The first kappa shape index (κ1) is 14.6. The molecule has 0 unspecified atom stereocenters. The maximum Gasteiger partial charge on any atom is 0.176 e. The van der Waals surface area contributed by atoms with Crippen molar-refractivity contribution in [1.29, 1.82) is 0 Å². The van der Waals surface area contributed by atoms with E-state index in [1.54, 1.807) is 7.11 Å². The molecule has 0 aliphatic heterocycles. The SMILES string of the molecule is CCc1ccc2cc(-c3cc4cccc(OC)c4o3)c(C=O)n2c1. The summed E-state index contributed by atoms with van der Waals surface area (Å²) in [5.41, 5.74) is 4.22. The van der Waals surface area contributed by atoms with Crippen molar-refractivity contribution in [3.05, 3.63) is 59.9 Å². The lowest BCUT2D eigenvalue weighted by molar-refractivity contribution is 0.111. The molecule has 4 heteroatoms. The second-order valence-electron chi connectivity index (χ2n) is 5.74. The average molecular weight is 319 g/mol. The van der Waals surface area contributed by atoms with E-state index in [9.17, 15) is 4.79 Å². The molecule has 0 aliphatic carbocycles. The summed E-state index contributed by atoms with van der Waals surface area (Å²) in [7, 11) is 1.62. The summed E-state index contributed by atoms with van der Waals surface area (Å²) < 4.78 is 13.3. The van der Waals surface area contributed by atoms with Crippen LogP contribution in [0.25, 0.3) is 27.8 Å². The number of para-hydroxylation sites is 1. The van der Waals surface area contributed by atoms with Crippen LogP contribution in [0.2, 0.25) is 0 Å². The molecular weight excluding hydrogens is 302 g/mol. The zero-order chi connectivity index (χ0) is 16.7. The van der Waals surface area contributed by atoms with Crippen LogP contribution in [0.15, 0.2) is 53.1 Å². The molecule has 3 aromatic heterocycles. The van der Waals surface area contributed by atoms with Crippen molar-refractivity contribution in [2.24, 2.45) is 0 Å². The van der Waals surface area contributed by atoms with Gasteiger partial charge in [0.15, 0.2) is 17.6 Å². The van der Waals surface area contributed by atoms with Gasteiger partial charge >= 0.3 is 0 Å². The Bertz CT molecular complexity index is 1060. The summed E-state index contributed by atoms with van der Waals surface area (Å²) in [6, 6.07) is 13.8. The normalized spacial score (nSPS) is 11.2. The van der Waals surface area contributed by atoms with Gasteiger partial charge in [0.05, 0.1) is 12.8 Å². The minimum absolute atomic E-state index is 0.596. The number of ether oxygens (including phenoxy) is 1. The molecule has 0 spiro atoms. The molecule has 0 N–H and O–H groups in total. The van der Waals surface area contributed by atoms with E-state index in [0.29, 0.717) is 22.8 Å². The number of nitrogens with zero attached hydrogens (tertiary/aromatic N) is 1. The molecule has 0 saturated carbocycles. The number of rotatable bonds is 4. The second-order valence-corrected chi connectivity index (χ2v) is 5.74. The number of pyridine rings is 1. The highest BCUT2D eigenvalue weighted by molar-refractivity contribution is 5.93. The van der Waals surface area contributed by atoms with Crippen molar-refractivity contribution in [3.63, 3.8) is 0 Å². The zero-order valence-electron chi connectivity index (χ0n) is 13.6. The third kappa shape index (κ3) is 2.11. The van der Waals surface area contributed by atoms with Gasteiger partial charge in [0.1, 0.15) is 5.76 Å². The summed E-state index contributed by atoms with van der Waals surface area (Å²) in [6.45, 7) is 2.09. The zero-order valence-corrected chi connectivity index (χ0v) is 13.6. The Kier molecular flexibility index (Phi) is 3.38. The summed E-state index contributed by atoms with van der Waals surface area (Å²) in [5, 5.41) is 0.950. The highest BCUT2D eigenvalue weighted by Crippen LogP contribution is 2.35. The molecule has 24 heavy (non-hydrogen) atoms. The standard InChI is InChI=1S/C20H17NO3/c1-3-13-7-8-15-10-16(17(12-22)21(15)11-13)19-9-14-5-4-6-18(23-2)20(14)24-19/h4-12H,3H2,1-2H3. The van der Waals surface area contributed by atoms with Crippen molar-refractivity contribution in [2.45, 2.75) is 13.3 Å². The molecular formula is C20H17NO3. The molecule has 0 radical (unpaired) electrons. The fourth-order valence-corrected chi connectivity index (χ4v) is 3.09. The number of hydrogen-bond acceptors (Lipinski definition) is 3. The van der Waals surface area contributed by atoms with Crippen LogP contribution in [0.1, 0.15) is 23.0 Å². The van der Waals surface area contributed by atoms with E-state index < -0.39 is 0 Å². The van der Waals surface area contributed by atoms with Crippen LogP contribution in [0.3, 0.4) is 0 Å². The van der Waals surface area contributed by atoms with Gasteiger partial charge in [-0.05, 0) is 36.2 Å². The van der Waals surface area contributed by atoms with Crippen molar-refractivity contribution in [2.75, 3.05) is 7.11 Å². The minimum atomic E-state index is 0.596. The van der Waals surface area contributed by atoms with Crippen LogP contribution >= 0.6 is 0 Å². The molecule has 3 heterocycles. The van der Waals surface area contributed by atoms with E-state index in [0.717, 1.165) is 29.2 Å². The molecule has 1 aromatic carbocycles. The Balaban J connectivity index is 1.97. The summed E-state index contributed by atoms with van der Waals surface area (Å²) in [5.74, 6) is 1.35. The number of methoxy groups -OCH3 is 1. The number of carbonyl (C=O) groups excluding carboxylic acids is 1. The van der Waals surface area contributed by atoms with Crippen molar-refractivity contribution >= 4 is 22.8 Å². The number of hydrogen-bond donors (Lipinski definition) is 0. The van der Waals surface area contributed by atoms with E-state index in [-0.39, 0.29) is 0 Å². The molecule has 0 atom stereocenters. The smallest absolute Gasteiger partial charge is 0.176 e. The number of furan rings is 1. The molecule has 0 saturated heterocycles. The number of benzene rings is 1. The van der Waals surface area contributed by atoms with Crippen molar-refractivity contribution < 1.29 is 13.9 Å². The van der Waals surface area contributed by atoms with Crippen LogP contribution in [0, 0.1) is 0 Å². The maximum absolute atomic E-state index is 11.7. The number of carbonyl (C=O) groups is 1. The largest absolute Gasteiger partial charge is 0.493 e. The van der Waals surface area contributed by atoms with Crippen LogP contribution in [0.4, 0.5) is 0 Å². The Morgan fingerprint density at radius 1 is 1.21 bits per heavy atom. The average Bonchev–Trinajstić information content (AvgIpc) is 3.21. The van der Waals surface area contributed by atoms with Gasteiger partial charge in [-0.15, -0.1) is 0 Å². The number of aldehydes is 1. The van der Waals surface area contributed by atoms with Crippen molar-refractivity contribution in [3.8, 4) is 17.1 Å². The van der Waals surface area contributed by atoms with E-state index in [1.165, 1.54) is 5.56 Å². The molecule has 0 amide bonds. The lowest BCUT2D eigenvalue weighted by Crippen LogP contribution is -1.94. The fraction of sp³-hybridized carbons (Fsp3) is 0.150. The topological polar surface area (TPSA) is 43.8 Å².